The number of methoxy groups -OCH3 is 1. The number of nitrogen functional groups attached to an aromatic ring is 1. The highest BCUT2D eigenvalue weighted by Crippen LogP contribution is 2.33. The Balaban J connectivity index is 0.000000215. The molecule has 0 spiro atoms. The molecule has 186 valence electrons. The standard InChI is InChI=1S/C14H18ClN3O3.C9H10F3N/c1-9-10-7-18(8-11(10)17-13(15)16-9)12(19)14(20-2)3-5-21-6-4-14;1-2-6-3-7(9(10,11)12)5-8(13)4-6/h3-8H2,1-2H3;3-5H,2,13H2,1H3. The molecule has 1 amide bonds. The van der Waals surface area contributed by atoms with E-state index < -0.39 is 17.3 Å². The van der Waals surface area contributed by atoms with E-state index in [2.05, 4.69) is 9.97 Å². The molecular weight excluding hydrogens is 473 g/mol. The third-order valence-corrected chi connectivity index (χ3v) is 6.25. The van der Waals surface area contributed by atoms with Crippen LogP contribution in [0, 0.1) is 6.92 Å². The second-order valence-corrected chi connectivity index (χ2v) is 8.63. The Kier molecular flexibility index (Phi) is 8.05. The summed E-state index contributed by atoms with van der Waals surface area (Å²) in [4.78, 5) is 23.0. The maximum atomic E-state index is 12.9. The van der Waals surface area contributed by atoms with Gasteiger partial charge < -0.3 is 20.1 Å². The third-order valence-electron chi connectivity index (χ3n) is 6.08. The molecule has 2 N–H and O–H groups in total. The average Bonchev–Trinajstić information content (AvgIpc) is 3.22. The maximum Gasteiger partial charge on any atom is 0.416 e. The van der Waals surface area contributed by atoms with Crippen molar-refractivity contribution < 1.29 is 27.4 Å². The van der Waals surface area contributed by atoms with Crippen LogP contribution in [0.25, 0.3) is 0 Å². The number of nitrogens with two attached hydrogens (primary N) is 1. The average molecular weight is 501 g/mol. The number of carbonyl (C=O) groups is 1. The van der Waals surface area contributed by atoms with Crippen molar-refractivity contribution in [3.63, 3.8) is 0 Å². The lowest BCUT2D eigenvalue weighted by atomic mass is 9.92. The molecule has 2 aliphatic heterocycles. The van der Waals surface area contributed by atoms with Crippen LogP contribution < -0.4 is 5.73 Å². The molecule has 0 saturated carbocycles. The minimum Gasteiger partial charge on any atom is -0.399 e. The Morgan fingerprint density at radius 1 is 1.24 bits per heavy atom. The van der Waals surface area contributed by atoms with E-state index in [4.69, 9.17) is 26.8 Å². The van der Waals surface area contributed by atoms with Crippen LogP contribution in [0.1, 0.15) is 47.8 Å². The normalized spacial score (nSPS) is 17.1. The summed E-state index contributed by atoms with van der Waals surface area (Å²) in [5, 5.41) is 0.230. The Morgan fingerprint density at radius 2 is 1.91 bits per heavy atom. The number of carbonyl (C=O) groups excluding carboxylic acids is 1. The SMILES string of the molecule is CCc1cc(N)cc(C(F)(F)F)c1.COC1(C(=O)N2Cc3nc(Cl)nc(C)c3C2)CCOCC1. The van der Waals surface area contributed by atoms with E-state index in [-0.39, 0.29) is 16.9 Å². The van der Waals surface area contributed by atoms with E-state index in [1.165, 1.54) is 0 Å². The number of anilines is 1. The summed E-state index contributed by atoms with van der Waals surface area (Å²) in [6.07, 6.45) is -2.59. The molecule has 0 atom stereocenters. The summed E-state index contributed by atoms with van der Waals surface area (Å²) in [7, 11) is 1.59. The van der Waals surface area contributed by atoms with Gasteiger partial charge in [-0.25, -0.2) is 9.97 Å². The van der Waals surface area contributed by atoms with Crippen LogP contribution >= 0.6 is 11.6 Å². The molecule has 1 aromatic carbocycles. The van der Waals surface area contributed by atoms with Crippen LogP contribution in [0.3, 0.4) is 0 Å². The van der Waals surface area contributed by atoms with E-state index in [1.54, 1.807) is 25.0 Å². The second kappa shape index (κ2) is 10.5. The van der Waals surface area contributed by atoms with Crippen LogP contribution in [0.4, 0.5) is 18.9 Å². The number of hydrogen-bond acceptors (Lipinski definition) is 6. The summed E-state index contributed by atoms with van der Waals surface area (Å²) >= 11 is 5.89. The summed E-state index contributed by atoms with van der Waals surface area (Å²) in [5.41, 5.74) is 7.30. The summed E-state index contributed by atoms with van der Waals surface area (Å²) < 4.78 is 47.6. The molecule has 2 aliphatic rings. The number of hydrogen-bond donors (Lipinski definition) is 1. The number of halogens is 4. The molecular formula is C23H28ClF3N4O3. The first-order valence-electron chi connectivity index (χ1n) is 10.9. The van der Waals surface area contributed by atoms with Crippen molar-refractivity contribution in [1.82, 2.24) is 14.9 Å². The van der Waals surface area contributed by atoms with Crippen molar-refractivity contribution >= 4 is 23.2 Å². The van der Waals surface area contributed by atoms with E-state index in [0.29, 0.717) is 51.1 Å². The van der Waals surface area contributed by atoms with Gasteiger partial charge in [-0.1, -0.05) is 6.92 Å². The molecule has 4 rings (SSSR count). The Morgan fingerprint density at radius 3 is 2.50 bits per heavy atom. The monoisotopic (exact) mass is 500 g/mol. The zero-order valence-electron chi connectivity index (χ0n) is 19.3. The Hall–Kier alpha value is -2.43. The molecule has 1 fully saturated rings. The van der Waals surface area contributed by atoms with Crippen LogP contribution in [-0.2, 0) is 40.0 Å². The summed E-state index contributed by atoms with van der Waals surface area (Å²) in [6, 6.07) is 3.62. The number of benzene rings is 1. The molecule has 1 aromatic heterocycles. The van der Waals surface area contributed by atoms with Gasteiger partial charge in [0.05, 0.1) is 17.8 Å². The highest BCUT2D eigenvalue weighted by atomic mass is 35.5. The maximum absolute atomic E-state index is 12.9. The van der Waals surface area contributed by atoms with Crippen LogP contribution in [0.2, 0.25) is 5.28 Å². The lowest BCUT2D eigenvalue weighted by Crippen LogP contribution is -2.51. The van der Waals surface area contributed by atoms with E-state index in [0.717, 1.165) is 29.1 Å². The molecule has 0 unspecified atom stereocenters. The third kappa shape index (κ3) is 5.79. The molecule has 0 radical (unpaired) electrons. The van der Waals surface area contributed by atoms with Crippen LogP contribution in [0.5, 0.6) is 0 Å². The van der Waals surface area contributed by atoms with Crippen molar-refractivity contribution in [3.05, 3.63) is 51.6 Å². The van der Waals surface area contributed by atoms with Crippen molar-refractivity contribution in [1.29, 1.82) is 0 Å². The summed E-state index contributed by atoms with van der Waals surface area (Å²) in [5.74, 6) is 0.00169. The number of nitrogens with zero attached hydrogens (tertiary/aromatic N) is 3. The van der Waals surface area contributed by atoms with E-state index in [9.17, 15) is 18.0 Å². The van der Waals surface area contributed by atoms with E-state index in [1.807, 2.05) is 6.92 Å². The van der Waals surface area contributed by atoms with Gasteiger partial charge in [0.25, 0.3) is 5.91 Å². The number of ether oxygens (including phenoxy) is 2. The highest BCUT2D eigenvalue weighted by molar-refractivity contribution is 6.28. The first kappa shape index (κ1) is 26.2. The van der Waals surface area contributed by atoms with Gasteiger partial charge in [-0.05, 0) is 48.7 Å². The fourth-order valence-corrected chi connectivity index (χ4v) is 4.34. The van der Waals surface area contributed by atoms with Crippen molar-refractivity contribution in [2.75, 3.05) is 26.1 Å². The molecule has 0 aliphatic carbocycles. The molecule has 11 heteroatoms. The molecule has 2 aromatic rings. The molecule has 7 nitrogen and oxygen atoms in total. The first-order valence-corrected chi connectivity index (χ1v) is 11.3. The quantitative estimate of drug-likeness (QED) is 0.498. The van der Waals surface area contributed by atoms with Crippen molar-refractivity contribution in [3.8, 4) is 0 Å². The Labute approximate surface area is 201 Å². The van der Waals surface area contributed by atoms with Crippen LogP contribution in [0.15, 0.2) is 18.2 Å². The number of amides is 1. The zero-order valence-corrected chi connectivity index (χ0v) is 20.1. The van der Waals surface area contributed by atoms with Gasteiger partial charge in [-0.15, -0.1) is 0 Å². The molecule has 34 heavy (non-hydrogen) atoms. The second-order valence-electron chi connectivity index (χ2n) is 8.29. The lowest BCUT2D eigenvalue weighted by Gasteiger charge is -2.37. The molecule has 0 bridgehead atoms. The van der Waals surface area contributed by atoms with Gasteiger partial charge in [0, 0.05) is 56.7 Å². The van der Waals surface area contributed by atoms with Gasteiger partial charge in [0.2, 0.25) is 5.28 Å². The number of alkyl halides is 3. The van der Waals surface area contributed by atoms with Gasteiger partial charge in [0.1, 0.15) is 0 Å². The van der Waals surface area contributed by atoms with Gasteiger partial charge >= 0.3 is 6.18 Å². The van der Waals surface area contributed by atoms with E-state index >= 15 is 0 Å². The number of aryl methyl sites for hydroxylation is 2. The number of aromatic nitrogens is 2. The molecule has 3 heterocycles. The zero-order chi connectivity index (χ0) is 25.1. The highest BCUT2D eigenvalue weighted by Gasteiger charge is 2.44. The number of fused-ring (bicyclic) bond motifs is 1. The van der Waals surface area contributed by atoms with Crippen molar-refractivity contribution in [2.24, 2.45) is 0 Å². The van der Waals surface area contributed by atoms with Gasteiger partial charge in [-0.3, -0.25) is 4.79 Å². The smallest absolute Gasteiger partial charge is 0.399 e. The first-order chi connectivity index (χ1) is 16.0. The minimum absolute atomic E-state index is 0.00169. The largest absolute Gasteiger partial charge is 0.416 e. The lowest BCUT2D eigenvalue weighted by molar-refractivity contribution is -0.167. The predicted octanol–water partition coefficient (Wildman–Crippen LogP) is 4.33. The minimum atomic E-state index is -4.31. The van der Waals surface area contributed by atoms with Crippen LogP contribution in [-0.4, -0.2) is 46.7 Å². The number of rotatable bonds is 3. The van der Waals surface area contributed by atoms with Gasteiger partial charge in [0.15, 0.2) is 5.60 Å². The fourth-order valence-electron chi connectivity index (χ4n) is 4.11. The topological polar surface area (TPSA) is 90.6 Å². The fraction of sp³-hybridized carbons (Fsp3) is 0.522. The summed E-state index contributed by atoms with van der Waals surface area (Å²) in [6.45, 7) is 5.75. The molecule has 1 saturated heterocycles. The Bertz CT molecular complexity index is 1040. The van der Waals surface area contributed by atoms with Crippen molar-refractivity contribution in [2.45, 2.75) is 58.0 Å². The van der Waals surface area contributed by atoms with Gasteiger partial charge in [-0.2, -0.15) is 13.2 Å². The predicted molar refractivity (Wildman–Crippen MR) is 121 cm³/mol.